The Bertz CT molecular complexity index is 2580. The molecule has 10 rings (SSSR count). The normalized spacial score (nSPS) is 17.5. The van der Waals surface area contributed by atoms with Gasteiger partial charge in [0.1, 0.15) is 5.70 Å². The molecule has 0 N–H and O–H groups in total. The molecular formula is C45H30N6. The fraction of sp³-hybridized carbons (Fsp3) is 0.0667. The van der Waals surface area contributed by atoms with Crippen LogP contribution in [-0.4, -0.2) is 31.1 Å². The zero-order valence-electron chi connectivity index (χ0n) is 27.6. The smallest absolute Gasteiger partial charge is 0.201 e. The van der Waals surface area contributed by atoms with Crippen molar-refractivity contribution in [2.75, 3.05) is 0 Å². The van der Waals surface area contributed by atoms with Gasteiger partial charge in [0.25, 0.3) is 0 Å². The van der Waals surface area contributed by atoms with Crippen LogP contribution in [0.5, 0.6) is 0 Å². The first-order valence-electron chi connectivity index (χ1n) is 17.3. The van der Waals surface area contributed by atoms with Crippen LogP contribution in [0.2, 0.25) is 0 Å². The molecule has 7 aromatic rings. The number of benzene rings is 5. The summed E-state index contributed by atoms with van der Waals surface area (Å²) in [6.07, 6.45) is 13.1. The van der Waals surface area contributed by atoms with E-state index in [9.17, 15) is 0 Å². The molecule has 6 heteroatoms. The molecular weight excluding hydrogens is 625 g/mol. The number of rotatable bonds is 4. The predicted octanol–water partition coefficient (Wildman–Crippen LogP) is 9.77. The number of fused-ring (bicyclic) bond motifs is 10. The van der Waals surface area contributed by atoms with Gasteiger partial charge in [-0.2, -0.15) is 0 Å². The highest BCUT2D eigenvalue weighted by atomic mass is 15.1. The van der Waals surface area contributed by atoms with Crippen molar-refractivity contribution >= 4 is 11.9 Å². The van der Waals surface area contributed by atoms with Gasteiger partial charge in [-0.25, -0.2) is 24.9 Å². The molecule has 240 valence electrons. The third-order valence-corrected chi connectivity index (χ3v) is 10.2. The van der Waals surface area contributed by atoms with E-state index in [1.165, 1.54) is 55.6 Å². The SMILES string of the molecule is C1=CCC/C=C(/c2nc(-c3ccc4c(c3)C3(c5ccccc5-c5ccc(-c6ccccc6)cc53)c3ccccc3-4)nc(-c3ncccn3)n2)N=C1. The van der Waals surface area contributed by atoms with Crippen LogP contribution in [0, 0.1) is 0 Å². The van der Waals surface area contributed by atoms with Gasteiger partial charge in [-0.3, -0.25) is 4.99 Å². The third kappa shape index (κ3) is 4.57. The molecule has 1 aliphatic heterocycles. The van der Waals surface area contributed by atoms with Gasteiger partial charge in [0.05, 0.1) is 5.41 Å². The Morgan fingerprint density at radius 3 is 1.80 bits per heavy atom. The van der Waals surface area contributed by atoms with Gasteiger partial charge in [-0.15, -0.1) is 0 Å². The average Bonchev–Trinajstić information content (AvgIpc) is 3.65. The highest BCUT2D eigenvalue weighted by Gasteiger charge is 2.51. The summed E-state index contributed by atoms with van der Waals surface area (Å²) in [5.74, 6) is 1.90. The van der Waals surface area contributed by atoms with Crippen molar-refractivity contribution in [3.8, 4) is 56.4 Å². The van der Waals surface area contributed by atoms with Crippen molar-refractivity contribution in [1.29, 1.82) is 0 Å². The molecule has 0 bridgehead atoms. The molecule has 0 saturated carbocycles. The van der Waals surface area contributed by atoms with Crippen LogP contribution in [0.25, 0.3) is 62.1 Å². The van der Waals surface area contributed by atoms with E-state index in [2.05, 4.69) is 137 Å². The molecule has 1 atom stereocenters. The van der Waals surface area contributed by atoms with E-state index < -0.39 is 5.41 Å². The van der Waals surface area contributed by atoms with Crippen molar-refractivity contribution in [3.63, 3.8) is 0 Å². The maximum absolute atomic E-state index is 5.07. The second-order valence-electron chi connectivity index (χ2n) is 13.0. The standard InChI is InChI=1S/C45H30N6/c1-2-11-24-46-40(19-6-1)42-49-41(50-44(51-42)43-47-25-12-26-48-43)31-21-23-35-33-16-8-10-18-37(33)45(39(35)28-31)36-17-9-7-15-32(36)34-22-20-30(27-38(34)45)29-13-4-3-5-14-29/h2-5,7-28H,1,6H2/b11-2?,40-19-,46-24?. The largest absolute Gasteiger partial charge is 0.253 e. The van der Waals surface area contributed by atoms with E-state index >= 15 is 0 Å². The molecule has 51 heavy (non-hydrogen) atoms. The Labute approximate surface area is 295 Å². The summed E-state index contributed by atoms with van der Waals surface area (Å²) in [4.78, 5) is 28.6. The Hall–Kier alpha value is -6.66. The monoisotopic (exact) mass is 654 g/mol. The van der Waals surface area contributed by atoms with Gasteiger partial charge in [0, 0.05) is 24.2 Å². The van der Waals surface area contributed by atoms with Crippen molar-refractivity contribution < 1.29 is 0 Å². The summed E-state index contributed by atoms with van der Waals surface area (Å²) in [5.41, 5.74) is 13.5. The first kappa shape index (κ1) is 29.3. The van der Waals surface area contributed by atoms with Gasteiger partial charge in [0.15, 0.2) is 17.5 Å². The van der Waals surface area contributed by atoms with Crippen LogP contribution in [0.15, 0.2) is 157 Å². The molecule has 6 nitrogen and oxygen atoms in total. The molecule has 0 amide bonds. The van der Waals surface area contributed by atoms with Gasteiger partial charge < -0.3 is 0 Å². The van der Waals surface area contributed by atoms with Crippen molar-refractivity contribution in [1.82, 2.24) is 24.9 Å². The summed E-state index contributed by atoms with van der Waals surface area (Å²) in [5, 5.41) is 0. The second kappa shape index (κ2) is 11.7. The fourth-order valence-electron chi connectivity index (χ4n) is 8.02. The summed E-state index contributed by atoms with van der Waals surface area (Å²) >= 11 is 0. The van der Waals surface area contributed by atoms with Crippen LogP contribution in [-0.2, 0) is 5.41 Å². The highest BCUT2D eigenvalue weighted by molar-refractivity contribution is 5.96. The van der Waals surface area contributed by atoms with E-state index in [1.54, 1.807) is 24.7 Å². The summed E-state index contributed by atoms with van der Waals surface area (Å²) in [6, 6.07) is 43.8. The van der Waals surface area contributed by atoms with E-state index in [-0.39, 0.29) is 0 Å². The predicted molar refractivity (Wildman–Crippen MR) is 203 cm³/mol. The number of nitrogens with zero attached hydrogens (tertiary/aromatic N) is 6. The topological polar surface area (TPSA) is 76.8 Å². The number of allylic oxidation sites excluding steroid dienone is 3. The molecule has 0 saturated heterocycles. The second-order valence-corrected chi connectivity index (χ2v) is 13.0. The van der Waals surface area contributed by atoms with Crippen LogP contribution in [0.3, 0.4) is 0 Å². The van der Waals surface area contributed by atoms with Crippen LogP contribution in [0.1, 0.15) is 40.9 Å². The van der Waals surface area contributed by atoms with Crippen molar-refractivity contribution in [3.05, 3.63) is 180 Å². The average molecular weight is 655 g/mol. The third-order valence-electron chi connectivity index (χ3n) is 10.2. The first-order chi connectivity index (χ1) is 25.3. The molecule has 5 aromatic carbocycles. The quantitative estimate of drug-likeness (QED) is 0.189. The minimum absolute atomic E-state index is 0.409. The highest BCUT2D eigenvalue weighted by Crippen LogP contribution is 2.63. The molecule has 0 radical (unpaired) electrons. The van der Waals surface area contributed by atoms with Gasteiger partial charge in [-0.05, 0) is 92.8 Å². The van der Waals surface area contributed by atoms with E-state index in [0.717, 1.165) is 18.4 Å². The van der Waals surface area contributed by atoms with Crippen LogP contribution < -0.4 is 0 Å². The Balaban J connectivity index is 1.23. The summed E-state index contributed by atoms with van der Waals surface area (Å²) in [7, 11) is 0. The fourth-order valence-corrected chi connectivity index (χ4v) is 8.02. The van der Waals surface area contributed by atoms with Crippen molar-refractivity contribution in [2.24, 2.45) is 4.99 Å². The Morgan fingerprint density at radius 1 is 0.451 bits per heavy atom. The molecule has 3 aliphatic rings. The number of aliphatic imine (C=N–C) groups is 1. The number of aromatic nitrogens is 5. The Kier molecular flexibility index (Phi) is 6.74. The van der Waals surface area contributed by atoms with Gasteiger partial charge in [0.2, 0.25) is 5.82 Å². The van der Waals surface area contributed by atoms with E-state index in [0.29, 0.717) is 29.0 Å². The number of hydrogen-bond donors (Lipinski definition) is 0. The minimum atomic E-state index is -0.529. The van der Waals surface area contributed by atoms with Gasteiger partial charge in [-0.1, -0.05) is 115 Å². The lowest BCUT2D eigenvalue weighted by Gasteiger charge is -2.31. The number of hydrogen-bond acceptors (Lipinski definition) is 6. The molecule has 0 fully saturated rings. The molecule has 1 spiro atoms. The summed E-state index contributed by atoms with van der Waals surface area (Å²) in [6.45, 7) is 0. The maximum Gasteiger partial charge on any atom is 0.201 e. The van der Waals surface area contributed by atoms with Crippen molar-refractivity contribution in [2.45, 2.75) is 18.3 Å². The van der Waals surface area contributed by atoms with Crippen LogP contribution >= 0.6 is 0 Å². The van der Waals surface area contributed by atoms with Crippen LogP contribution in [0.4, 0.5) is 0 Å². The first-order valence-corrected chi connectivity index (χ1v) is 17.3. The Morgan fingerprint density at radius 2 is 1.06 bits per heavy atom. The lowest BCUT2D eigenvalue weighted by atomic mass is 9.70. The lowest BCUT2D eigenvalue weighted by molar-refractivity contribution is 0.794. The van der Waals surface area contributed by atoms with E-state index in [4.69, 9.17) is 19.9 Å². The zero-order chi connectivity index (χ0) is 33.8. The van der Waals surface area contributed by atoms with Gasteiger partial charge >= 0.3 is 0 Å². The zero-order valence-corrected chi connectivity index (χ0v) is 27.6. The summed E-state index contributed by atoms with van der Waals surface area (Å²) < 4.78 is 0. The molecule has 3 heterocycles. The molecule has 2 aliphatic carbocycles. The molecule has 2 aromatic heterocycles. The lowest BCUT2D eigenvalue weighted by Crippen LogP contribution is -2.26. The van der Waals surface area contributed by atoms with E-state index in [1.807, 2.05) is 6.08 Å². The molecule has 1 unspecified atom stereocenters. The minimum Gasteiger partial charge on any atom is -0.253 e. The maximum atomic E-state index is 5.07.